The second-order valence-corrected chi connectivity index (χ2v) is 4.65. The van der Waals surface area contributed by atoms with Crippen LogP contribution in [0.3, 0.4) is 0 Å². The van der Waals surface area contributed by atoms with Crippen LogP contribution < -0.4 is 5.32 Å². The van der Waals surface area contributed by atoms with E-state index in [0.717, 1.165) is 19.4 Å². The molecule has 1 saturated heterocycles. The molecule has 1 aromatic heterocycles. The fourth-order valence-electron chi connectivity index (χ4n) is 2.48. The number of aryl methyl sites for hydroxylation is 2. The highest BCUT2D eigenvalue weighted by Crippen LogP contribution is 2.14. The lowest BCUT2D eigenvalue weighted by molar-refractivity contribution is 0.391. The molecule has 3 nitrogen and oxygen atoms in total. The summed E-state index contributed by atoms with van der Waals surface area (Å²) >= 11 is 0. The summed E-state index contributed by atoms with van der Waals surface area (Å²) in [5.74, 6) is 0. The highest BCUT2D eigenvalue weighted by atomic mass is 15.3. The van der Waals surface area contributed by atoms with Gasteiger partial charge in [-0.2, -0.15) is 5.10 Å². The number of piperidine rings is 1. The molecule has 0 saturated carbocycles. The standard InChI is InChI=1S/C13H23N3/c1-3-11-9-13(16(4-2)15-11)10-12-7-5-6-8-14-12/h9,12,14H,3-8,10H2,1-2H3. The molecule has 1 atom stereocenters. The van der Waals surface area contributed by atoms with Crippen LogP contribution in [0.25, 0.3) is 0 Å². The van der Waals surface area contributed by atoms with Crippen molar-refractivity contribution >= 4 is 0 Å². The molecule has 2 rings (SSSR count). The van der Waals surface area contributed by atoms with E-state index in [2.05, 4.69) is 35.0 Å². The average molecular weight is 221 g/mol. The number of nitrogens with zero attached hydrogens (tertiary/aromatic N) is 2. The third-order valence-electron chi connectivity index (χ3n) is 3.44. The van der Waals surface area contributed by atoms with Gasteiger partial charge in [0, 0.05) is 24.7 Å². The molecule has 0 aliphatic carbocycles. The molecule has 0 amide bonds. The van der Waals surface area contributed by atoms with E-state index < -0.39 is 0 Å². The lowest BCUT2D eigenvalue weighted by Crippen LogP contribution is -2.36. The first-order chi connectivity index (χ1) is 7.83. The van der Waals surface area contributed by atoms with Gasteiger partial charge in [0.1, 0.15) is 0 Å². The second kappa shape index (κ2) is 5.48. The Morgan fingerprint density at radius 2 is 2.31 bits per heavy atom. The van der Waals surface area contributed by atoms with Gasteiger partial charge in [-0.25, -0.2) is 0 Å². The first-order valence-corrected chi connectivity index (χ1v) is 6.62. The molecule has 1 aliphatic heterocycles. The van der Waals surface area contributed by atoms with Crippen molar-refractivity contribution in [2.75, 3.05) is 6.54 Å². The number of hydrogen-bond donors (Lipinski definition) is 1. The first-order valence-electron chi connectivity index (χ1n) is 6.62. The third kappa shape index (κ3) is 2.64. The van der Waals surface area contributed by atoms with Crippen molar-refractivity contribution in [2.45, 2.75) is 58.5 Å². The first kappa shape index (κ1) is 11.6. The minimum Gasteiger partial charge on any atom is -0.314 e. The van der Waals surface area contributed by atoms with Crippen LogP contribution in [0.1, 0.15) is 44.5 Å². The maximum absolute atomic E-state index is 4.60. The Bertz CT molecular complexity index is 324. The van der Waals surface area contributed by atoms with Gasteiger partial charge in [-0.05, 0) is 38.8 Å². The monoisotopic (exact) mass is 221 g/mol. The minimum absolute atomic E-state index is 0.667. The molecule has 2 heterocycles. The lowest BCUT2D eigenvalue weighted by Gasteiger charge is -2.23. The van der Waals surface area contributed by atoms with E-state index in [9.17, 15) is 0 Å². The zero-order chi connectivity index (χ0) is 11.4. The van der Waals surface area contributed by atoms with Gasteiger partial charge >= 0.3 is 0 Å². The van der Waals surface area contributed by atoms with Crippen molar-refractivity contribution in [3.63, 3.8) is 0 Å². The summed E-state index contributed by atoms with van der Waals surface area (Å²) in [7, 11) is 0. The predicted octanol–water partition coefficient (Wildman–Crippen LogP) is 2.15. The van der Waals surface area contributed by atoms with E-state index in [0.29, 0.717) is 6.04 Å². The molecule has 1 aliphatic rings. The Balaban J connectivity index is 2.03. The van der Waals surface area contributed by atoms with Gasteiger partial charge in [0.25, 0.3) is 0 Å². The van der Waals surface area contributed by atoms with Crippen LogP contribution in [0.15, 0.2) is 6.07 Å². The second-order valence-electron chi connectivity index (χ2n) is 4.65. The van der Waals surface area contributed by atoms with Gasteiger partial charge in [-0.15, -0.1) is 0 Å². The molecule has 1 unspecified atom stereocenters. The van der Waals surface area contributed by atoms with Crippen LogP contribution >= 0.6 is 0 Å². The van der Waals surface area contributed by atoms with Crippen molar-refractivity contribution < 1.29 is 0 Å². The van der Waals surface area contributed by atoms with Crippen molar-refractivity contribution in [1.82, 2.24) is 15.1 Å². The number of aromatic nitrogens is 2. The SMILES string of the molecule is CCc1cc(CC2CCCCN2)n(CC)n1. The van der Waals surface area contributed by atoms with Gasteiger partial charge in [-0.1, -0.05) is 13.3 Å². The van der Waals surface area contributed by atoms with E-state index in [1.165, 1.54) is 37.2 Å². The molecular formula is C13H23N3. The van der Waals surface area contributed by atoms with Gasteiger partial charge in [0.2, 0.25) is 0 Å². The molecule has 16 heavy (non-hydrogen) atoms. The number of rotatable bonds is 4. The predicted molar refractivity (Wildman–Crippen MR) is 66.6 cm³/mol. The summed E-state index contributed by atoms with van der Waals surface area (Å²) in [5, 5.41) is 8.21. The summed E-state index contributed by atoms with van der Waals surface area (Å²) < 4.78 is 2.16. The van der Waals surface area contributed by atoms with Crippen LogP contribution in [-0.4, -0.2) is 22.4 Å². The van der Waals surface area contributed by atoms with Gasteiger partial charge < -0.3 is 5.32 Å². The molecule has 0 radical (unpaired) electrons. The Hall–Kier alpha value is -0.830. The molecule has 3 heteroatoms. The molecule has 0 aromatic carbocycles. The van der Waals surface area contributed by atoms with Crippen molar-refractivity contribution in [1.29, 1.82) is 0 Å². The Morgan fingerprint density at radius 1 is 1.44 bits per heavy atom. The molecule has 1 aromatic rings. The Morgan fingerprint density at radius 3 is 2.94 bits per heavy atom. The molecule has 0 spiro atoms. The fourth-order valence-corrected chi connectivity index (χ4v) is 2.48. The van der Waals surface area contributed by atoms with Gasteiger partial charge in [0.15, 0.2) is 0 Å². The van der Waals surface area contributed by atoms with E-state index in [4.69, 9.17) is 0 Å². The highest BCUT2D eigenvalue weighted by molar-refractivity contribution is 5.12. The van der Waals surface area contributed by atoms with Crippen LogP contribution in [0.4, 0.5) is 0 Å². The third-order valence-corrected chi connectivity index (χ3v) is 3.44. The van der Waals surface area contributed by atoms with Gasteiger partial charge in [0.05, 0.1) is 5.69 Å². The van der Waals surface area contributed by atoms with E-state index in [-0.39, 0.29) is 0 Å². The smallest absolute Gasteiger partial charge is 0.0624 e. The van der Waals surface area contributed by atoms with Crippen LogP contribution in [0.2, 0.25) is 0 Å². The van der Waals surface area contributed by atoms with Crippen molar-refractivity contribution in [3.05, 3.63) is 17.5 Å². The zero-order valence-electron chi connectivity index (χ0n) is 10.5. The summed E-state index contributed by atoms with van der Waals surface area (Å²) in [6.45, 7) is 6.52. The van der Waals surface area contributed by atoms with E-state index in [1.54, 1.807) is 0 Å². The van der Waals surface area contributed by atoms with E-state index in [1.807, 2.05) is 0 Å². The normalized spacial score (nSPS) is 21.2. The van der Waals surface area contributed by atoms with Gasteiger partial charge in [-0.3, -0.25) is 4.68 Å². The molecule has 1 fully saturated rings. The summed E-state index contributed by atoms with van der Waals surface area (Å²) in [4.78, 5) is 0. The average Bonchev–Trinajstić information content (AvgIpc) is 2.73. The van der Waals surface area contributed by atoms with Crippen molar-refractivity contribution in [2.24, 2.45) is 0 Å². The summed E-state index contributed by atoms with van der Waals surface area (Å²) in [6.07, 6.45) is 6.21. The van der Waals surface area contributed by atoms with Crippen LogP contribution in [0.5, 0.6) is 0 Å². The summed E-state index contributed by atoms with van der Waals surface area (Å²) in [6, 6.07) is 2.94. The number of hydrogen-bond acceptors (Lipinski definition) is 2. The van der Waals surface area contributed by atoms with Crippen LogP contribution in [-0.2, 0) is 19.4 Å². The largest absolute Gasteiger partial charge is 0.314 e. The molecular weight excluding hydrogens is 198 g/mol. The summed E-state index contributed by atoms with van der Waals surface area (Å²) in [5.41, 5.74) is 2.63. The Kier molecular flexibility index (Phi) is 3.99. The molecule has 90 valence electrons. The maximum atomic E-state index is 4.60. The fraction of sp³-hybridized carbons (Fsp3) is 0.769. The highest BCUT2D eigenvalue weighted by Gasteiger charge is 2.15. The van der Waals surface area contributed by atoms with Crippen molar-refractivity contribution in [3.8, 4) is 0 Å². The minimum atomic E-state index is 0.667. The quantitative estimate of drug-likeness (QED) is 0.844. The Labute approximate surface area is 98.2 Å². The van der Waals surface area contributed by atoms with E-state index >= 15 is 0 Å². The zero-order valence-corrected chi connectivity index (χ0v) is 10.5. The lowest BCUT2D eigenvalue weighted by atomic mass is 10.0. The van der Waals surface area contributed by atoms with Crippen LogP contribution in [0, 0.1) is 0 Å². The number of nitrogens with one attached hydrogen (secondary N) is 1. The molecule has 0 bridgehead atoms. The molecule has 1 N–H and O–H groups in total. The maximum Gasteiger partial charge on any atom is 0.0624 e. The topological polar surface area (TPSA) is 29.9 Å².